The molecule has 0 aliphatic heterocycles. The van der Waals surface area contributed by atoms with E-state index in [-0.39, 0.29) is 4.90 Å². The van der Waals surface area contributed by atoms with E-state index in [1.165, 1.54) is 23.1 Å². The average molecular weight is 301 g/mol. The largest absolute Gasteiger partial charge is 0.329 e. The number of anilines is 1. The third kappa shape index (κ3) is 3.46. The van der Waals surface area contributed by atoms with Crippen molar-refractivity contribution < 1.29 is 8.42 Å². The molecule has 8 heteroatoms. The predicted molar refractivity (Wildman–Crippen MR) is 73.5 cm³/mol. The van der Waals surface area contributed by atoms with Crippen molar-refractivity contribution in [2.45, 2.75) is 11.4 Å². The first-order valence-corrected chi connectivity index (χ1v) is 7.38. The molecule has 0 spiro atoms. The van der Waals surface area contributed by atoms with Gasteiger partial charge in [-0.25, -0.2) is 8.42 Å². The van der Waals surface area contributed by atoms with Gasteiger partial charge in [-0.2, -0.15) is 5.10 Å². The lowest BCUT2D eigenvalue weighted by atomic mass is 10.3. The van der Waals surface area contributed by atoms with E-state index in [4.69, 9.17) is 17.3 Å². The standard InChI is InChI=1S/C11H13ClN4O2S/c12-9-2-1-3-10(6-9)15-19(17,18)11-7-14-16(8-11)5-4-13/h1-3,6-8,15H,4-5,13H2. The van der Waals surface area contributed by atoms with Crippen molar-refractivity contribution in [1.29, 1.82) is 0 Å². The van der Waals surface area contributed by atoms with Gasteiger partial charge in [0.15, 0.2) is 0 Å². The molecule has 19 heavy (non-hydrogen) atoms. The molecule has 0 saturated heterocycles. The minimum absolute atomic E-state index is 0.0842. The first-order chi connectivity index (χ1) is 9.01. The molecule has 1 aromatic heterocycles. The molecule has 0 saturated carbocycles. The Morgan fingerprint density at radius 3 is 2.89 bits per heavy atom. The van der Waals surface area contributed by atoms with Gasteiger partial charge in [0.1, 0.15) is 4.90 Å². The molecule has 0 amide bonds. The van der Waals surface area contributed by atoms with Crippen LogP contribution in [0.2, 0.25) is 5.02 Å². The molecule has 0 aliphatic carbocycles. The number of sulfonamides is 1. The van der Waals surface area contributed by atoms with Gasteiger partial charge >= 0.3 is 0 Å². The van der Waals surface area contributed by atoms with Crippen LogP contribution in [0.5, 0.6) is 0 Å². The second-order valence-electron chi connectivity index (χ2n) is 3.84. The molecule has 0 radical (unpaired) electrons. The zero-order chi connectivity index (χ0) is 13.9. The van der Waals surface area contributed by atoms with E-state index in [0.29, 0.717) is 23.8 Å². The lowest BCUT2D eigenvalue weighted by Crippen LogP contribution is -2.13. The van der Waals surface area contributed by atoms with Crippen LogP contribution >= 0.6 is 11.6 Å². The van der Waals surface area contributed by atoms with Crippen LogP contribution in [0.4, 0.5) is 5.69 Å². The highest BCUT2D eigenvalue weighted by atomic mass is 35.5. The number of hydrogen-bond acceptors (Lipinski definition) is 4. The molecule has 0 aliphatic rings. The van der Waals surface area contributed by atoms with Crippen LogP contribution in [-0.2, 0) is 16.6 Å². The lowest BCUT2D eigenvalue weighted by molar-refractivity contribution is 0.599. The Bertz CT molecular complexity index is 669. The summed E-state index contributed by atoms with van der Waals surface area (Å²) in [5.41, 5.74) is 5.78. The number of nitrogens with one attached hydrogen (secondary N) is 1. The van der Waals surface area contributed by atoms with Gasteiger partial charge < -0.3 is 5.73 Å². The van der Waals surface area contributed by atoms with E-state index in [1.54, 1.807) is 18.2 Å². The maximum Gasteiger partial charge on any atom is 0.265 e. The highest BCUT2D eigenvalue weighted by molar-refractivity contribution is 7.92. The molecule has 2 aromatic rings. The van der Waals surface area contributed by atoms with E-state index in [0.717, 1.165) is 0 Å². The van der Waals surface area contributed by atoms with E-state index in [2.05, 4.69) is 9.82 Å². The topological polar surface area (TPSA) is 90.0 Å². The molecule has 0 atom stereocenters. The van der Waals surface area contributed by atoms with Gasteiger partial charge in [0.2, 0.25) is 0 Å². The molecule has 2 rings (SSSR count). The Balaban J connectivity index is 2.22. The quantitative estimate of drug-likeness (QED) is 0.871. The van der Waals surface area contributed by atoms with Crippen LogP contribution in [0.1, 0.15) is 0 Å². The summed E-state index contributed by atoms with van der Waals surface area (Å²) in [6.45, 7) is 0.857. The fraction of sp³-hybridized carbons (Fsp3) is 0.182. The summed E-state index contributed by atoms with van der Waals surface area (Å²) in [5, 5.41) is 4.38. The molecule has 1 heterocycles. The average Bonchev–Trinajstić information content (AvgIpc) is 2.78. The molecule has 0 fully saturated rings. The molecular formula is C11H13ClN4O2S. The molecule has 6 nitrogen and oxygen atoms in total. The fourth-order valence-corrected chi connectivity index (χ4v) is 2.70. The van der Waals surface area contributed by atoms with Crippen LogP contribution in [0.3, 0.4) is 0 Å². The van der Waals surface area contributed by atoms with Gasteiger partial charge in [-0.15, -0.1) is 0 Å². The van der Waals surface area contributed by atoms with Crippen molar-refractivity contribution in [3.8, 4) is 0 Å². The predicted octanol–water partition coefficient (Wildman–Crippen LogP) is 1.30. The Hall–Kier alpha value is -1.57. The number of benzene rings is 1. The lowest BCUT2D eigenvalue weighted by Gasteiger charge is -2.06. The van der Waals surface area contributed by atoms with Gasteiger partial charge in [0.05, 0.1) is 18.4 Å². The van der Waals surface area contributed by atoms with Gasteiger partial charge in [-0.1, -0.05) is 17.7 Å². The van der Waals surface area contributed by atoms with Crippen LogP contribution in [-0.4, -0.2) is 24.7 Å². The number of nitrogens with two attached hydrogens (primary N) is 1. The molecular weight excluding hydrogens is 288 g/mol. The van der Waals surface area contributed by atoms with Crippen molar-refractivity contribution in [3.05, 3.63) is 41.7 Å². The van der Waals surface area contributed by atoms with Gasteiger partial charge in [-0.3, -0.25) is 9.40 Å². The number of nitrogens with zero attached hydrogens (tertiary/aromatic N) is 2. The first-order valence-electron chi connectivity index (χ1n) is 5.52. The van der Waals surface area contributed by atoms with Crippen LogP contribution in [0.15, 0.2) is 41.6 Å². The first kappa shape index (κ1) is 13.9. The summed E-state index contributed by atoms with van der Waals surface area (Å²) in [5.74, 6) is 0. The zero-order valence-corrected chi connectivity index (χ0v) is 11.5. The van der Waals surface area contributed by atoms with E-state index < -0.39 is 10.0 Å². The minimum atomic E-state index is -3.66. The van der Waals surface area contributed by atoms with E-state index in [1.807, 2.05) is 0 Å². The van der Waals surface area contributed by atoms with Crippen LogP contribution in [0, 0.1) is 0 Å². The SMILES string of the molecule is NCCn1cc(S(=O)(=O)Nc2cccc(Cl)c2)cn1. The summed E-state index contributed by atoms with van der Waals surface area (Å²) < 4.78 is 28.1. The Morgan fingerprint density at radius 1 is 1.42 bits per heavy atom. The van der Waals surface area contributed by atoms with Crippen LogP contribution < -0.4 is 10.5 Å². The molecule has 102 valence electrons. The van der Waals surface area contributed by atoms with Crippen molar-refractivity contribution in [2.24, 2.45) is 5.73 Å². The Labute approximate surface area is 116 Å². The summed E-state index contributed by atoms with van der Waals surface area (Å²) in [6, 6.07) is 6.48. The highest BCUT2D eigenvalue weighted by Gasteiger charge is 2.16. The van der Waals surface area contributed by atoms with Crippen molar-refractivity contribution >= 4 is 27.3 Å². The number of rotatable bonds is 5. The molecule has 3 N–H and O–H groups in total. The minimum Gasteiger partial charge on any atom is -0.329 e. The van der Waals surface area contributed by atoms with Gasteiger partial charge in [0, 0.05) is 17.8 Å². The molecule has 1 aromatic carbocycles. The third-order valence-electron chi connectivity index (χ3n) is 2.35. The summed E-state index contributed by atoms with van der Waals surface area (Å²) in [7, 11) is -3.66. The number of halogens is 1. The second-order valence-corrected chi connectivity index (χ2v) is 5.96. The summed E-state index contributed by atoms with van der Waals surface area (Å²) >= 11 is 5.80. The fourth-order valence-electron chi connectivity index (χ4n) is 1.50. The normalized spacial score (nSPS) is 11.5. The highest BCUT2D eigenvalue weighted by Crippen LogP contribution is 2.19. The maximum atomic E-state index is 12.1. The summed E-state index contributed by atoms with van der Waals surface area (Å²) in [4.78, 5) is 0.0842. The van der Waals surface area contributed by atoms with Crippen LogP contribution in [0.25, 0.3) is 0 Å². The number of aromatic nitrogens is 2. The monoisotopic (exact) mass is 300 g/mol. The maximum absolute atomic E-state index is 12.1. The third-order valence-corrected chi connectivity index (χ3v) is 3.93. The Kier molecular flexibility index (Phi) is 4.08. The van der Waals surface area contributed by atoms with Gasteiger partial charge in [0.25, 0.3) is 10.0 Å². The van der Waals surface area contributed by atoms with Crippen molar-refractivity contribution in [3.63, 3.8) is 0 Å². The Morgan fingerprint density at radius 2 is 2.21 bits per heavy atom. The summed E-state index contributed by atoms with van der Waals surface area (Å²) in [6.07, 6.45) is 2.71. The van der Waals surface area contributed by atoms with Crippen molar-refractivity contribution in [2.75, 3.05) is 11.3 Å². The van der Waals surface area contributed by atoms with E-state index in [9.17, 15) is 8.42 Å². The number of hydrogen-bond donors (Lipinski definition) is 2. The zero-order valence-electron chi connectivity index (χ0n) is 9.95. The second kappa shape index (κ2) is 5.60. The van der Waals surface area contributed by atoms with Gasteiger partial charge in [-0.05, 0) is 18.2 Å². The van der Waals surface area contributed by atoms with E-state index >= 15 is 0 Å². The smallest absolute Gasteiger partial charge is 0.265 e. The molecule has 0 unspecified atom stereocenters. The van der Waals surface area contributed by atoms with Crippen molar-refractivity contribution in [1.82, 2.24) is 9.78 Å². The molecule has 0 bridgehead atoms.